The summed E-state index contributed by atoms with van der Waals surface area (Å²) in [7, 11) is 1.85. The first-order valence-corrected chi connectivity index (χ1v) is 13.2. The van der Waals surface area contributed by atoms with Crippen LogP contribution in [0.5, 0.6) is 11.5 Å². The summed E-state index contributed by atoms with van der Waals surface area (Å²) >= 11 is 1.65. The highest BCUT2D eigenvalue weighted by Crippen LogP contribution is 2.38. The van der Waals surface area contributed by atoms with Crippen LogP contribution in [0.4, 0.5) is 0 Å². The van der Waals surface area contributed by atoms with Gasteiger partial charge in [0.25, 0.3) is 5.56 Å². The Morgan fingerprint density at radius 3 is 2.41 bits per heavy atom. The lowest BCUT2D eigenvalue weighted by atomic mass is 9.94. The van der Waals surface area contributed by atoms with Crippen LogP contribution >= 0.6 is 11.3 Å². The number of fused-ring (bicyclic) bond motifs is 1. The van der Waals surface area contributed by atoms with Gasteiger partial charge in [-0.25, -0.2) is 12.7 Å². The molecule has 9 heteroatoms. The van der Waals surface area contributed by atoms with Crippen molar-refractivity contribution >= 4 is 31.4 Å². The van der Waals surface area contributed by atoms with E-state index < -0.39 is 10.0 Å². The van der Waals surface area contributed by atoms with Crippen molar-refractivity contribution in [3.05, 3.63) is 45.7 Å². The van der Waals surface area contributed by atoms with E-state index in [0.717, 1.165) is 40.0 Å². The van der Waals surface area contributed by atoms with Crippen LogP contribution < -0.4 is 15.0 Å². The van der Waals surface area contributed by atoms with Crippen LogP contribution in [0.25, 0.3) is 21.2 Å². The van der Waals surface area contributed by atoms with Crippen LogP contribution in [0.2, 0.25) is 0 Å². The lowest BCUT2D eigenvalue weighted by Crippen LogP contribution is -2.38. The van der Waals surface area contributed by atoms with Crippen molar-refractivity contribution in [2.45, 2.75) is 19.3 Å². The number of aromatic nitrogens is 1. The maximum Gasteiger partial charge on any atom is 0.259 e. The van der Waals surface area contributed by atoms with Gasteiger partial charge in [0.1, 0.15) is 0 Å². The molecular formula is C23H28N2O5S2. The number of ether oxygens (including phenoxy) is 2. The number of hydrogen-bond donors (Lipinski definition) is 0. The molecule has 3 aromatic rings. The summed E-state index contributed by atoms with van der Waals surface area (Å²) in [5, 5.41) is 0.716. The molecule has 1 aliphatic rings. The predicted octanol–water partition coefficient (Wildman–Crippen LogP) is 3.50. The molecule has 0 amide bonds. The zero-order valence-corrected chi connectivity index (χ0v) is 20.4. The number of methoxy groups -OCH3 is 2. The third-order valence-corrected chi connectivity index (χ3v) is 8.62. The molecule has 0 aliphatic carbocycles. The molecule has 0 N–H and O–H groups in total. The van der Waals surface area contributed by atoms with Crippen molar-refractivity contribution in [2.24, 2.45) is 13.0 Å². The summed E-state index contributed by atoms with van der Waals surface area (Å²) in [5.41, 5.74) is 1.92. The molecule has 0 unspecified atom stereocenters. The van der Waals surface area contributed by atoms with E-state index in [1.54, 1.807) is 41.5 Å². The smallest absolute Gasteiger partial charge is 0.259 e. The van der Waals surface area contributed by atoms with Crippen molar-refractivity contribution in [2.75, 3.05) is 33.6 Å². The molecule has 2 aromatic heterocycles. The predicted molar refractivity (Wildman–Crippen MR) is 128 cm³/mol. The maximum absolute atomic E-state index is 12.8. The number of aryl methyl sites for hydroxylation is 1. The third kappa shape index (κ3) is 4.42. The van der Waals surface area contributed by atoms with E-state index in [1.165, 1.54) is 6.26 Å². The fraction of sp³-hybridized carbons (Fsp3) is 0.435. The average Bonchev–Trinajstić information content (AvgIpc) is 3.19. The standard InChI is InChI=1S/C23H28N2O5S2/c1-24-14-19(16-5-6-20(29-2)21(12-16)30-3)22-18(23(24)26)13-17(31-22)11-15-7-9-25(10-8-15)32(4,27)28/h5-6,12-15H,7-11H2,1-4H3. The fourth-order valence-electron chi connectivity index (χ4n) is 4.34. The Balaban J connectivity index is 1.67. The minimum absolute atomic E-state index is 0.0152. The second-order valence-electron chi connectivity index (χ2n) is 8.29. The molecule has 1 fully saturated rings. The van der Waals surface area contributed by atoms with E-state index in [9.17, 15) is 13.2 Å². The summed E-state index contributed by atoms with van der Waals surface area (Å²) in [6.07, 6.45) is 5.66. The topological polar surface area (TPSA) is 77.8 Å². The van der Waals surface area contributed by atoms with E-state index in [1.807, 2.05) is 30.5 Å². The van der Waals surface area contributed by atoms with Crippen molar-refractivity contribution in [1.82, 2.24) is 8.87 Å². The molecule has 0 radical (unpaired) electrons. The second kappa shape index (κ2) is 8.88. The SMILES string of the molecule is COc1ccc(-c2cn(C)c(=O)c3cc(CC4CCN(S(C)(=O)=O)CC4)sc23)cc1OC. The highest BCUT2D eigenvalue weighted by atomic mass is 32.2. The van der Waals surface area contributed by atoms with Gasteiger partial charge in [0, 0.05) is 41.5 Å². The Morgan fingerprint density at radius 2 is 1.78 bits per heavy atom. The van der Waals surface area contributed by atoms with Gasteiger partial charge in [0.15, 0.2) is 11.5 Å². The number of hydrogen-bond acceptors (Lipinski definition) is 6. The molecule has 172 valence electrons. The highest BCUT2D eigenvalue weighted by Gasteiger charge is 2.26. The lowest BCUT2D eigenvalue weighted by molar-refractivity contribution is 0.275. The number of sulfonamides is 1. The van der Waals surface area contributed by atoms with Crippen LogP contribution in [-0.4, -0.2) is 50.9 Å². The van der Waals surface area contributed by atoms with Crippen molar-refractivity contribution in [3.63, 3.8) is 0 Å². The number of rotatable bonds is 6. The van der Waals surface area contributed by atoms with Crippen LogP contribution in [0.3, 0.4) is 0 Å². The van der Waals surface area contributed by atoms with Crippen LogP contribution in [0, 0.1) is 5.92 Å². The van der Waals surface area contributed by atoms with E-state index in [2.05, 4.69) is 0 Å². The quantitative estimate of drug-likeness (QED) is 0.544. The molecule has 0 saturated carbocycles. The summed E-state index contributed by atoms with van der Waals surface area (Å²) in [6, 6.07) is 7.78. The molecule has 1 saturated heterocycles. The minimum Gasteiger partial charge on any atom is -0.493 e. The molecule has 4 rings (SSSR count). The van der Waals surface area contributed by atoms with Gasteiger partial charge >= 0.3 is 0 Å². The third-order valence-electron chi connectivity index (χ3n) is 6.13. The lowest BCUT2D eigenvalue weighted by Gasteiger charge is -2.29. The number of piperidine rings is 1. The summed E-state index contributed by atoms with van der Waals surface area (Å²) < 4.78 is 38.5. The molecule has 3 heterocycles. The second-order valence-corrected chi connectivity index (χ2v) is 11.4. The largest absolute Gasteiger partial charge is 0.493 e. The molecule has 7 nitrogen and oxygen atoms in total. The molecule has 1 aromatic carbocycles. The van der Waals surface area contributed by atoms with Gasteiger partial charge in [-0.15, -0.1) is 11.3 Å². The van der Waals surface area contributed by atoms with E-state index in [4.69, 9.17) is 9.47 Å². The Bertz CT molecular complexity index is 1300. The first-order valence-electron chi connectivity index (χ1n) is 10.5. The van der Waals surface area contributed by atoms with Crippen LogP contribution in [0.15, 0.2) is 35.3 Å². The zero-order chi connectivity index (χ0) is 23.0. The summed E-state index contributed by atoms with van der Waals surface area (Å²) in [4.78, 5) is 14.0. The van der Waals surface area contributed by atoms with Crippen LogP contribution in [0.1, 0.15) is 17.7 Å². The van der Waals surface area contributed by atoms with Gasteiger partial charge < -0.3 is 14.0 Å². The van der Waals surface area contributed by atoms with Gasteiger partial charge in [0.2, 0.25) is 10.0 Å². The van der Waals surface area contributed by atoms with Crippen LogP contribution in [-0.2, 0) is 23.5 Å². The summed E-state index contributed by atoms with van der Waals surface area (Å²) in [6.45, 7) is 1.13. The van der Waals surface area contributed by atoms with Gasteiger partial charge in [-0.1, -0.05) is 6.07 Å². The Hall–Kier alpha value is -2.36. The Labute approximate surface area is 192 Å². The number of pyridine rings is 1. The van der Waals surface area contributed by atoms with Crippen molar-refractivity contribution < 1.29 is 17.9 Å². The number of thiophene rings is 1. The molecule has 0 atom stereocenters. The zero-order valence-electron chi connectivity index (χ0n) is 18.8. The summed E-state index contributed by atoms with van der Waals surface area (Å²) in [5.74, 6) is 1.71. The minimum atomic E-state index is -3.13. The molecule has 0 bridgehead atoms. The van der Waals surface area contributed by atoms with Gasteiger partial charge in [0.05, 0.1) is 25.9 Å². The molecular weight excluding hydrogens is 448 g/mol. The molecule has 32 heavy (non-hydrogen) atoms. The Kier molecular flexibility index (Phi) is 6.33. The monoisotopic (exact) mass is 476 g/mol. The van der Waals surface area contributed by atoms with E-state index >= 15 is 0 Å². The van der Waals surface area contributed by atoms with Crippen molar-refractivity contribution in [3.8, 4) is 22.6 Å². The number of benzene rings is 1. The average molecular weight is 477 g/mol. The van der Waals surface area contributed by atoms with E-state index in [0.29, 0.717) is 35.9 Å². The highest BCUT2D eigenvalue weighted by molar-refractivity contribution is 7.88. The Morgan fingerprint density at radius 1 is 1.09 bits per heavy atom. The normalized spacial score (nSPS) is 15.9. The van der Waals surface area contributed by atoms with E-state index in [-0.39, 0.29) is 5.56 Å². The first-order chi connectivity index (χ1) is 15.2. The van der Waals surface area contributed by atoms with Gasteiger partial charge in [-0.2, -0.15) is 0 Å². The molecule has 1 aliphatic heterocycles. The first kappa shape index (κ1) is 22.8. The van der Waals surface area contributed by atoms with Gasteiger partial charge in [-0.05, 0) is 48.9 Å². The van der Waals surface area contributed by atoms with Gasteiger partial charge in [-0.3, -0.25) is 4.79 Å². The van der Waals surface area contributed by atoms with Crippen molar-refractivity contribution in [1.29, 1.82) is 0 Å². The fourth-order valence-corrected chi connectivity index (χ4v) is 6.51. The maximum atomic E-state index is 12.8. The number of nitrogens with zero attached hydrogens (tertiary/aromatic N) is 2. The molecule has 0 spiro atoms.